The van der Waals surface area contributed by atoms with E-state index in [1.165, 1.54) is 16.9 Å². The Morgan fingerprint density at radius 1 is 1.32 bits per heavy atom. The Bertz CT molecular complexity index is 751. The number of nitrogens with zero attached hydrogens (tertiary/aromatic N) is 3. The summed E-state index contributed by atoms with van der Waals surface area (Å²) in [5.41, 5.74) is 4.07. The molecule has 0 atom stereocenters. The predicted octanol–water partition coefficient (Wildman–Crippen LogP) is 4.20. The van der Waals surface area contributed by atoms with Crippen molar-refractivity contribution in [3.63, 3.8) is 0 Å². The van der Waals surface area contributed by atoms with E-state index in [2.05, 4.69) is 47.2 Å². The molecule has 0 saturated carbocycles. The molecule has 6 heteroatoms. The number of hydrogen-bond acceptors (Lipinski definition) is 6. The average Bonchev–Trinajstić information content (AvgIpc) is 3.17. The summed E-state index contributed by atoms with van der Waals surface area (Å²) in [6, 6.07) is 6.27. The minimum Gasteiger partial charge on any atom is -0.483 e. The van der Waals surface area contributed by atoms with Gasteiger partial charge in [0.15, 0.2) is 6.61 Å². The van der Waals surface area contributed by atoms with Crippen molar-refractivity contribution in [2.24, 2.45) is 0 Å². The zero-order chi connectivity index (χ0) is 15.5. The highest BCUT2D eigenvalue weighted by Gasteiger charge is 2.11. The third-order valence-corrected chi connectivity index (χ3v) is 4.12. The van der Waals surface area contributed by atoms with Crippen LogP contribution in [0.15, 0.2) is 34.4 Å². The highest BCUT2D eigenvalue weighted by molar-refractivity contribution is 7.13. The van der Waals surface area contributed by atoms with Crippen molar-refractivity contribution >= 4 is 11.3 Å². The summed E-state index contributed by atoms with van der Waals surface area (Å²) in [6.07, 6.45) is 1.72. The van der Waals surface area contributed by atoms with Gasteiger partial charge < -0.3 is 9.26 Å². The summed E-state index contributed by atoms with van der Waals surface area (Å²) in [7, 11) is 0. The molecule has 0 aliphatic rings. The highest BCUT2D eigenvalue weighted by Crippen LogP contribution is 2.25. The second-order valence-electron chi connectivity index (χ2n) is 5.35. The van der Waals surface area contributed by atoms with Gasteiger partial charge in [0, 0.05) is 6.20 Å². The topological polar surface area (TPSA) is 61.0 Å². The van der Waals surface area contributed by atoms with E-state index in [0.29, 0.717) is 17.6 Å². The molecule has 0 fully saturated rings. The zero-order valence-corrected chi connectivity index (χ0v) is 13.6. The number of rotatable bonds is 5. The quantitative estimate of drug-likeness (QED) is 0.706. The molecule has 0 spiro atoms. The van der Waals surface area contributed by atoms with E-state index in [0.717, 1.165) is 16.2 Å². The fourth-order valence-corrected chi connectivity index (χ4v) is 2.56. The lowest BCUT2D eigenvalue weighted by Gasteiger charge is -2.11. The van der Waals surface area contributed by atoms with E-state index in [-0.39, 0.29) is 6.61 Å². The van der Waals surface area contributed by atoms with Crippen LogP contribution in [0.1, 0.15) is 36.8 Å². The van der Waals surface area contributed by atoms with Gasteiger partial charge >= 0.3 is 0 Å². The lowest BCUT2D eigenvalue weighted by Crippen LogP contribution is -1.99. The Morgan fingerprint density at radius 3 is 2.91 bits per heavy atom. The van der Waals surface area contributed by atoms with Crippen molar-refractivity contribution in [1.82, 2.24) is 15.1 Å². The molecule has 3 rings (SSSR count). The number of aryl methyl sites for hydroxylation is 1. The van der Waals surface area contributed by atoms with Crippen molar-refractivity contribution < 1.29 is 9.26 Å². The maximum atomic E-state index is 5.84. The van der Waals surface area contributed by atoms with E-state index in [1.807, 2.05) is 6.92 Å². The molecule has 0 N–H and O–H groups in total. The molecule has 0 radical (unpaired) electrons. The van der Waals surface area contributed by atoms with Crippen molar-refractivity contribution in [1.29, 1.82) is 0 Å². The first-order valence-electron chi connectivity index (χ1n) is 7.08. The van der Waals surface area contributed by atoms with Gasteiger partial charge in [0.1, 0.15) is 5.75 Å². The normalized spacial score (nSPS) is 11.1. The molecule has 3 aromatic rings. The second-order valence-corrected chi connectivity index (χ2v) is 6.23. The van der Waals surface area contributed by atoms with Gasteiger partial charge in [0.25, 0.3) is 5.89 Å². The molecule has 0 aliphatic carbocycles. The van der Waals surface area contributed by atoms with Crippen molar-refractivity contribution in [2.45, 2.75) is 33.3 Å². The molecule has 5 nitrogen and oxygen atoms in total. The van der Waals surface area contributed by atoms with E-state index in [9.17, 15) is 0 Å². The summed E-state index contributed by atoms with van der Waals surface area (Å²) < 4.78 is 11.1. The van der Waals surface area contributed by atoms with Crippen LogP contribution in [0.3, 0.4) is 0 Å². The number of benzene rings is 1. The molecular weight excluding hydrogens is 298 g/mol. The van der Waals surface area contributed by atoms with Crippen LogP contribution < -0.4 is 4.74 Å². The number of aromatic nitrogens is 3. The smallest absolute Gasteiger partial charge is 0.264 e. The minimum atomic E-state index is 0.258. The Balaban J connectivity index is 1.71. The molecule has 0 aliphatic heterocycles. The summed E-state index contributed by atoms with van der Waals surface area (Å²) >= 11 is 1.47. The number of hydrogen-bond donors (Lipinski definition) is 0. The number of ether oxygens (including phenoxy) is 1. The Kier molecular flexibility index (Phi) is 4.20. The summed E-state index contributed by atoms with van der Waals surface area (Å²) in [4.78, 5) is 9.21. The summed E-state index contributed by atoms with van der Waals surface area (Å²) in [5.74, 6) is 2.32. The van der Waals surface area contributed by atoms with Crippen LogP contribution in [0.25, 0.3) is 10.7 Å². The zero-order valence-electron chi connectivity index (χ0n) is 12.7. The summed E-state index contributed by atoms with van der Waals surface area (Å²) in [6.45, 7) is 6.60. The predicted molar refractivity (Wildman–Crippen MR) is 85.0 cm³/mol. The van der Waals surface area contributed by atoms with Crippen LogP contribution in [-0.4, -0.2) is 15.1 Å². The molecule has 0 bridgehead atoms. The van der Waals surface area contributed by atoms with Gasteiger partial charge in [-0.05, 0) is 30.0 Å². The molecule has 2 aromatic heterocycles. The average molecular weight is 315 g/mol. The maximum absolute atomic E-state index is 5.84. The van der Waals surface area contributed by atoms with Gasteiger partial charge in [0.2, 0.25) is 5.82 Å². The fraction of sp³-hybridized carbons (Fsp3) is 0.312. The minimum absolute atomic E-state index is 0.258. The van der Waals surface area contributed by atoms with Gasteiger partial charge in [-0.15, -0.1) is 11.3 Å². The lowest BCUT2D eigenvalue weighted by atomic mass is 10.0. The van der Waals surface area contributed by atoms with Gasteiger partial charge in [-0.1, -0.05) is 31.1 Å². The SMILES string of the molecule is Cc1ccc(C(C)C)cc1OCc1nc(-c2cncs2)no1. The Morgan fingerprint density at radius 2 is 2.18 bits per heavy atom. The van der Waals surface area contributed by atoms with Crippen molar-refractivity contribution in [3.05, 3.63) is 46.9 Å². The fourth-order valence-electron chi connectivity index (χ4n) is 2.01. The first kappa shape index (κ1) is 14.7. The van der Waals surface area contributed by atoms with Gasteiger partial charge in [0.05, 0.1) is 10.4 Å². The van der Waals surface area contributed by atoms with E-state index < -0.39 is 0 Å². The molecular formula is C16H17N3O2S. The highest BCUT2D eigenvalue weighted by atomic mass is 32.1. The number of thiazole rings is 1. The van der Waals surface area contributed by atoms with Gasteiger partial charge in [-0.3, -0.25) is 4.98 Å². The van der Waals surface area contributed by atoms with E-state index >= 15 is 0 Å². The second kappa shape index (κ2) is 6.27. The molecule has 0 saturated heterocycles. The van der Waals surface area contributed by atoms with Gasteiger partial charge in [-0.25, -0.2) is 0 Å². The van der Waals surface area contributed by atoms with Crippen LogP contribution in [-0.2, 0) is 6.61 Å². The Labute approximate surface area is 133 Å². The Hall–Kier alpha value is -2.21. The van der Waals surface area contributed by atoms with Crippen molar-refractivity contribution in [2.75, 3.05) is 0 Å². The van der Waals surface area contributed by atoms with Crippen LogP contribution in [0, 0.1) is 6.92 Å². The van der Waals surface area contributed by atoms with Crippen LogP contribution in [0.2, 0.25) is 0 Å². The monoisotopic (exact) mass is 315 g/mol. The molecule has 0 unspecified atom stereocenters. The largest absolute Gasteiger partial charge is 0.483 e. The standard InChI is InChI=1S/C16H17N3O2S/c1-10(2)12-5-4-11(3)13(6-12)20-8-15-18-16(19-21-15)14-7-17-9-22-14/h4-7,9-10H,8H2,1-3H3. The van der Waals surface area contributed by atoms with Crippen molar-refractivity contribution in [3.8, 4) is 16.5 Å². The van der Waals surface area contributed by atoms with Gasteiger partial charge in [-0.2, -0.15) is 4.98 Å². The molecule has 2 heterocycles. The molecule has 0 amide bonds. The first-order chi connectivity index (χ1) is 10.6. The van der Waals surface area contributed by atoms with E-state index in [1.54, 1.807) is 11.7 Å². The molecule has 114 valence electrons. The van der Waals surface area contributed by atoms with Crippen LogP contribution in [0.5, 0.6) is 5.75 Å². The molecule has 22 heavy (non-hydrogen) atoms. The lowest BCUT2D eigenvalue weighted by molar-refractivity contribution is 0.241. The third kappa shape index (κ3) is 3.17. The maximum Gasteiger partial charge on any atom is 0.264 e. The van der Waals surface area contributed by atoms with E-state index in [4.69, 9.17) is 9.26 Å². The van der Waals surface area contributed by atoms with Crippen LogP contribution in [0.4, 0.5) is 0 Å². The van der Waals surface area contributed by atoms with Crippen LogP contribution >= 0.6 is 11.3 Å². The summed E-state index contributed by atoms with van der Waals surface area (Å²) in [5, 5.41) is 3.94. The third-order valence-electron chi connectivity index (χ3n) is 3.35. The molecule has 1 aromatic carbocycles. The first-order valence-corrected chi connectivity index (χ1v) is 7.96.